The van der Waals surface area contributed by atoms with Crippen LogP contribution < -0.4 is 0 Å². The molecule has 2 radical (unpaired) electrons. The average Bonchev–Trinajstić information content (AvgIpc) is 0. The molecule has 0 heterocycles. The van der Waals surface area contributed by atoms with Gasteiger partial charge in [0.25, 0.3) is 0 Å². The van der Waals surface area contributed by atoms with E-state index >= 15 is 0 Å². The van der Waals surface area contributed by atoms with Gasteiger partial charge >= 0.3 is 39.0 Å². The second-order valence-corrected chi connectivity index (χ2v) is 0. The zero-order valence-electron chi connectivity index (χ0n) is 6.71. The minimum absolute atomic E-state index is 0. The third kappa shape index (κ3) is 312. The fourth-order valence-electron chi connectivity index (χ4n) is 0. The van der Waals surface area contributed by atoms with E-state index in [-0.39, 0.29) is 90.9 Å². The van der Waals surface area contributed by atoms with Gasteiger partial charge in [0, 0.05) is 0 Å². The third-order valence-electron chi connectivity index (χ3n) is 0. The molecule has 2 heteroatoms. The molecule has 0 nitrogen and oxygen atoms in total. The molecule has 0 atom stereocenters. The molecule has 0 unspecified atom stereocenters. The van der Waals surface area contributed by atoms with Crippen LogP contribution in [0.25, 0.3) is 0 Å². The van der Waals surface area contributed by atoms with Crippen molar-refractivity contribution in [2.75, 3.05) is 0 Å². The van der Waals surface area contributed by atoms with Crippen molar-refractivity contribution in [3.05, 3.63) is 44.6 Å². The smallest absolute Gasteiger partial charge is 0.358 e. The molecule has 0 aromatic carbocycles. The van der Waals surface area contributed by atoms with Crippen molar-refractivity contribution in [2.45, 2.75) is 7.43 Å². The molecule has 0 amide bonds. The summed E-state index contributed by atoms with van der Waals surface area (Å²) in [7, 11) is 0. The standard InChI is InChI=1S/CH4.6CH3.2Ru/h1H4;6*1H3;;/q;6*-1;2*+3. The van der Waals surface area contributed by atoms with Crippen molar-refractivity contribution in [3.63, 3.8) is 0 Å². The van der Waals surface area contributed by atoms with Crippen LogP contribution in [-0.2, 0) is 39.0 Å². The second-order valence-electron chi connectivity index (χ2n) is 0. The van der Waals surface area contributed by atoms with E-state index in [9.17, 15) is 0 Å². The molecule has 0 rings (SSSR count). The van der Waals surface area contributed by atoms with Crippen LogP contribution in [-0.4, -0.2) is 0 Å². The first-order valence-corrected chi connectivity index (χ1v) is 0. The summed E-state index contributed by atoms with van der Waals surface area (Å²) in [5.41, 5.74) is 0. The number of hydrogen-bond donors (Lipinski definition) is 0. The van der Waals surface area contributed by atoms with Gasteiger partial charge in [0.2, 0.25) is 0 Å². The summed E-state index contributed by atoms with van der Waals surface area (Å²) in [5.74, 6) is 0. The molecular formula is C7H22Ru2. The molecule has 0 saturated heterocycles. The monoisotopic (exact) mass is 310 g/mol. The van der Waals surface area contributed by atoms with Crippen LogP contribution in [0, 0.1) is 44.6 Å². The Morgan fingerprint density at radius 1 is 0.333 bits per heavy atom. The van der Waals surface area contributed by atoms with Gasteiger partial charge in [-0.3, -0.25) is 0 Å². The third-order valence-corrected chi connectivity index (χ3v) is 0. The molecule has 0 aromatic heterocycles. The predicted molar refractivity (Wildman–Crippen MR) is 45.2 cm³/mol. The molecule has 0 aliphatic carbocycles. The molecule has 0 spiro atoms. The van der Waals surface area contributed by atoms with E-state index in [2.05, 4.69) is 0 Å². The van der Waals surface area contributed by atoms with Gasteiger partial charge in [0.1, 0.15) is 0 Å². The van der Waals surface area contributed by atoms with E-state index in [0.29, 0.717) is 0 Å². The van der Waals surface area contributed by atoms with Gasteiger partial charge in [-0.2, -0.15) is 0 Å². The van der Waals surface area contributed by atoms with E-state index in [1.807, 2.05) is 0 Å². The van der Waals surface area contributed by atoms with Crippen LogP contribution in [0.4, 0.5) is 0 Å². The van der Waals surface area contributed by atoms with Crippen LogP contribution in [0.1, 0.15) is 7.43 Å². The van der Waals surface area contributed by atoms with Crippen LogP contribution in [0.3, 0.4) is 0 Å². The molecule has 0 aliphatic rings. The Hall–Kier alpha value is 1.25. The Balaban J connectivity index is 0. The summed E-state index contributed by atoms with van der Waals surface area (Å²) < 4.78 is 0. The van der Waals surface area contributed by atoms with Crippen molar-refractivity contribution in [1.29, 1.82) is 0 Å². The fourth-order valence-corrected chi connectivity index (χ4v) is 0. The molecule has 0 bridgehead atoms. The van der Waals surface area contributed by atoms with Gasteiger partial charge in [0.15, 0.2) is 0 Å². The summed E-state index contributed by atoms with van der Waals surface area (Å²) in [4.78, 5) is 0. The Morgan fingerprint density at radius 2 is 0.333 bits per heavy atom. The van der Waals surface area contributed by atoms with E-state index in [4.69, 9.17) is 0 Å². The van der Waals surface area contributed by atoms with Crippen LogP contribution >= 0.6 is 0 Å². The minimum Gasteiger partial charge on any atom is -0.358 e. The van der Waals surface area contributed by atoms with Crippen LogP contribution in [0.2, 0.25) is 0 Å². The van der Waals surface area contributed by atoms with E-state index < -0.39 is 0 Å². The van der Waals surface area contributed by atoms with Crippen LogP contribution in [0.5, 0.6) is 0 Å². The minimum atomic E-state index is 0. The Morgan fingerprint density at radius 3 is 0.333 bits per heavy atom. The summed E-state index contributed by atoms with van der Waals surface area (Å²) in [6.45, 7) is 0. The van der Waals surface area contributed by atoms with E-state index in [1.165, 1.54) is 0 Å². The van der Waals surface area contributed by atoms with Gasteiger partial charge in [-0.05, 0) is 0 Å². The fraction of sp³-hybridized carbons (Fsp3) is 0.143. The number of hydrogen-bond acceptors (Lipinski definition) is 0. The van der Waals surface area contributed by atoms with Gasteiger partial charge < -0.3 is 44.6 Å². The normalized spacial score (nSPS) is 0. The quantitative estimate of drug-likeness (QED) is 0.476. The molecular weight excluding hydrogens is 286 g/mol. The number of rotatable bonds is 0. The maximum atomic E-state index is 0. The van der Waals surface area contributed by atoms with Gasteiger partial charge in [0.05, 0.1) is 0 Å². The van der Waals surface area contributed by atoms with Crippen molar-refractivity contribution in [3.8, 4) is 0 Å². The Labute approximate surface area is 90.7 Å². The molecule has 0 saturated carbocycles. The second kappa shape index (κ2) is 405. The summed E-state index contributed by atoms with van der Waals surface area (Å²) in [5, 5.41) is 0. The summed E-state index contributed by atoms with van der Waals surface area (Å²) >= 11 is 0. The van der Waals surface area contributed by atoms with Crippen molar-refractivity contribution in [1.82, 2.24) is 0 Å². The SMILES string of the molecule is C.[CH3-].[CH3-].[CH3-].[CH3-].[CH3-].[CH3-].[Ru+3].[Ru+3]. The van der Waals surface area contributed by atoms with E-state index in [1.54, 1.807) is 0 Å². The molecule has 0 N–H and O–H groups in total. The van der Waals surface area contributed by atoms with Gasteiger partial charge in [-0.15, -0.1) is 0 Å². The first-order chi connectivity index (χ1) is 0. The molecule has 0 fully saturated rings. The van der Waals surface area contributed by atoms with Crippen molar-refractivity contribution >= 4 is 0 Å². The Bertz CT molecular complexity index is 6.88. The molecule has 0 aromatic rings. The summed E-state index contributed by atoms with van der Waals surface area (Å²) in [6.07, 6.45) is 0. The first-order valence-electron chi connectivity index (χ1n) is 0. The maximum absolute atomic E-state index is 0. The molecule has 0 aliphatic heterocycles. The molecule has 9 heavy (non-hydrogen) atoms. The maximum Gasteiger partial charge on any atom is 3.00 e. The predicted octanol–water partition coefficient (Wildman–Crippen LogP) is 3.33. The van der Waals surface area contributed by atoms with Crippen LogP contribution in [0.15, 0.2) is 0 Å². The Kier molecular flexibility index (Phi) is 25300. The zero-order valence-corrected chi connectivity index (χ0v) is 10.2. The summed E-state index contributed by atoms with van der Waals surface area (Å²) in [6, 6.07) is 0. The van der Waals surface area contributed by atoms with Gasteiger partial charge in [-0.1, -0.05) is 7.43 Å². The van der Waals surface area contributed by atoms with Crippen molar-refractivity contribution < 1.29 is 39.0 Å². The topological polar surface area (TPSA) is 0 Å². The largest absolute Gasteiger partial charge is 3.00 e. The first kappa shape index (κ1) is 564. The zero-order chi connectivity index (χ0) is 0. The van der Waals surface area contributed by atoms with Gasteiger partial charge in [-0.25, -0.2) is 0 Å². The average molecular weight is 308 g/mol. The van der Waals surface area contributed by atoms with Crippen molar-refractivity contribution in [2.24, 2.45) is 0 Å². The molecule has 66 valence electrons. The van der Waals surface area contributed by atoms with E-state index in [0.717, 1.165) is 0 Å².